The molecule has 1 aliphatic heterocycles. The Hall–Kier alpha value is -2.76. The second kappa shape index (κ2) is 6.63. The molecule has 0 bridgehead atoms. The third-order valence-electron chi connectivity index (χ3n) is 4.25. The number of fused-ring (bicyclic) bond motifs is 1. The van der Waals surface area contributed by atoms with Gasteiger partial charge in [-0.3, -0.25) is 4.79 Å². The molecule has 0 radical (unpaired) electrons. The molecule has 0 saturated heterocycles. The molecule has 0 fully saturated rings. The first-order valence-corrected chi connectivity index (χ1v) is 8.17. The number of carbonyl (C=O) groups excluding carboxylic acids is 2. The summed E-state index contributed by atoms with van der Waals surface area (Å²) in [6.45, 7) is 7.76. The van der Waals surface area contributed by atoms with Crippen LogP contribution in [0.25, 0.3) is 0 Å². The zero-order valence-electron chi connectivity index (χ0n) is 14.8. The number of Topliss-reactive ketones (excluding diaryl/α,β-unsaturated/α-hetero) is 1. The van der Waals surface area contributed by atoms with Crippen molar-refractivity contribution < 1.29 is 23.8 Å². The largest absolute Gasteiger partial charge is 0.454 e. The third kappa shape index (κ3) is 3.24. The molecule has 25 heavy (non-hydrogen) atoms. The van der Waals surface area contributed by atoms with Gasteiger partial charge >= 0.3 is 5.97 Å². The SMILES string of the molecule is Cc1cc(C(=O)OCC(=O)c2ccc3c(c2)OCO3)c(C)n1C(C)C. The Morgan fingerprint density at radius 2 is 1.88 bits per heavy atom. The van der Waals surface area contributed by atoms with Gasteiger partial charge in [0.2, 0.25) is 6.79 Å². The van der Waals surface area contributed by atoms with E-state index < -0.39 is 5.97 Å². The average Bonchev–Trinajstić information content (AvgIpc) is 3.15. The number of benzene rings is 1. The molecule has 0 spiro atoms. The van der Waals surface area contributed by atoms with Crippen molar-refractivity contribution in [1.82, 2.24) is 4.57 Å². The standard InChI is InChI=1S/C19H21NO5/c1-11(2)20-12(3)7-15(13(20)4)19(22)23-9-16(21)14-5-6-17-18(8-14)25-10-24-17/h5-8,11H,9-10H2,1-4H3. The van der Waals surface area contributed by atoms with Crippen LogP contribution >= 0.6 is 0 Å². The Morgan fingerprint density at radius 3 is 2.56 bits per heavy atom. The number of rotatable bonds is 5. The van der Waals surface area contributed by atoms with Crippen LogP contribution in [0, 0.1) is 13.8 Å². The number of aromatic nitrogens is 1. The number of aryl methyl sites for hydroxylation is 1. The van der Waals surface area contributed by atoms with Crippen LogP contribution in [0.3, 0.4) is 0 Å². The second-order valence-corrected chi connectivity index (χ2v) is 6.32. The molecule has 0 saturated carbocycles. The molecule has 0 N–H and O–H groups in total. The van der Waals surface area contributed by atoms with Crippen LogP contribution in [0.5, 0.6) is 11.5 Å². The van der Waals surface area contributed by atoms with E-state index in [0.717, 1.165) is 11.4 Å². The van der Waals surface area contributed by atoms with Gasteiger partial charge in [0.25, 0.3) is 0 Å². The van der Waals surface area contributed by atoms with Gasteiger partial charge in [-0.2, -0.15) is 0 Å². The summed E-state index contributed by atoms with van der Waals surface area (Å²) in [4.78, 5) is 24.6. The van der Waals surface area contributed by atoms with Gasteiger partial charge in [-0.15, -0.1) is 0 Å². The summed E-state index contributed by atoms with van der Waals surface area (Å²) >= 11 is 0. The normalized spacial score (nSPS) is 12.5. The van der Waals surface area contributed by atoms with Crippen LogP contribution in [0.4, 0.5) is 0 Å². The highest BCUT2D eigenvalue weighted by molar-refractivity contribution is 6.00. The Kier molecular flexibility index (Phi) is 4.53. The second-order valence-electron chi connectivity index (χ2n) is 6.32. The molecule has 1 aromatic carbocycles. The van der Waals surface area contributed by atoms with E-state index >= 15 is 0 Å². The van der Waals surface area contributed by atoms with Gasteiger partial charge in [-0.25, -0.2) is 4.79 Å². The van der Waals surface area contributed by atoms with Crippen LogP contribution in [0.1, 0.15) is 52.0 Å². The maximum absolute atomic E-state index is 12.3. The molecule has 0 aliphatic carbocycles. The molecule has 3 rings (SSSR count). The predicted octanol–water partition coefficient (Wildman–Crippen LogP) is 3.45. The van der Waals surface area contributed by atoms with E-state index in [1.807, 2.05) is 13.8 Å². The number of hydrogen-bond acceptors (Lipinski definition) is 5. The number of nitrogens with zero attached hydrogens (tertiary/aromatic N) is 1. The zero-order valence-corrected chi connectivity index (χ0v) is 14.8. The summed E-state index contributed by atoms with van der Waals surface area (Å²) in [5.74, 6) is 0.353. The molecular formula is C19H21NO5. The summed E-state index contributed by atoms with van der Waals surface area (Å²) < 4.78 is 17.8. The molecule has 1 aromatic heterocycles. The van der Waals surface area contributed by atoms with Crippen molar-refractivity contribution in [2.24, 2.45) is 0 Å². The lowest BCUT2D eigenvalue weighted by atomic mass is 10.1. The monoisotopic (exact) mass is 343 g/mol. The Labute approximate surface area is 146 Å². The van der Waals surface area contributed by atoms with Crippen LogP contribution in [-0.4, -0.2) is 29.7 Å². The van der Waals surface area contributed by atoms with E-state index in [-0.39, 0.29) is 25.2 Å². The van der Waals surface area contributed by atoms with Crippen LogP contribution in [0.15, 0.2) is 24.3 Å². The maximum Gasteiger partial charge on any atom is 0.340 e. The third-order valence-corrected chi connectivity index (χ3v) is 4.25. The molecule has 0 amide bonds. The van der Waals surface area contributed by atoms with Crippen molar-refractivity contribution in [3.05, 3.63) is 46.8 Å². The maximum atomic E-state index is 12.3. The Bertz CT molecular complexity index is 835. The number of esters is 1. The highest BCUT2D eigenvalue weighted by Crippen LogP contribution is 2.32. The smallest absolute Gasteiger partial charge is 0.340 e. The van der Waals surface area contributed by atoms with Crippen LogP contribution in [-0.2, 0) is 4.74 Å². The van der Waals surface area contributed by atoms with Gasteiger partial charge in [0.05, 0.1) is 5.56 Å². The summed E-state index contributed by atoms with van der Waals surface area (Å²) in [5, 5.41) is 0. The average molecular weight is 343 g/mol. The quantitative estimate of drug-likeness (QED) is 0.614. The lowest BCUT2D eigenvalue weighted by molar-refractivity contribution is 0.0474. The lowest BCUT2D eigenvalue weighted by Gasteiger charge is -2.13. The molecule has 1 aliphatic rings. The van der Waals surface area contributed by atoms with Crippen molar-refractivity contribution in [2.75, 3.05) is 13.4 Å². The summed E-state index contributed by atoms with van der Waals surface area (Å²) in [6, 6.07) is 6.95. The highest BCUT2D eigenvalue weighted by Gasteiger charge is 2.21. The van der Waals surface area contributed by atoms with Gasteiger partial charge in [-0.1, -0.05) is 0 Å². The van der Waals surface area contributed by atoms with Gasteiger partial charge < -0.3 is 18.8 Å². The van der Waals surface area contributed by atoms with Crippen molar-refractivity contribution in [3.8, 4) is 11.5 Å². The van der Waals surface area contributed by atoms with Gasteiger partial charge in [0, 0.05) is 23.0 Å². The topological polar surface area (TPSA) is 66.8 Å². The number of carbonyl (C=O) groups is 2. The fraction of sp³-hybridized carbons (Fsp3) is 0.368. The first-order chi connectivity index (χ1) is 11.9. The summed E-state index contributed by atoms with van der Waals surface area (Å²) in [5.41, 5.74) is 2.74. The molecular weight excluding hydrogens is 322 g/mol. The van der Waals surface area contributed by atoms with Crippen molar-refractivity contribution in [3.63, 3.8) is 0 Å². The zero-order chi connectivity index (χ0) is 18.1. The first kappa shape index (κ1) is 17.1. The molecule has 2 aromatic rings. The van der Waals surface area contributed by atoms with E-state index in [1.165, 1.54) is 0 Å². The number of ether oxygens (including phenoxy) is 3. The minimum atomic E-state index is -0.492. The molecule has 6 heteroatoms. The summed E-state index contributed by atoms with van der Waals surface area (Å²) in [6.07, 6.45) is 0. The minimum absolute atomic E-state index is 0.146. The van der Waals surface area contributed by atoms with Crippen molar-refractivity contribution >= 4 is 11.8 Å². The lowest BCUT2D eigenvalue weighted by Crippen LogP contribution is -2.15. The Morgan fingerprint density at radius 1 is 1.16 bits per heavy atom. The molecule has 132 valence electrons. The van der Waals surface area contributed by atoms with Crippen molar-refractivity contribution in [2.45, 2.75) is 33.7 Å². The molecule has 0 unspecified atom stereocenters. The van der Waals surface area contributed by atoms with Gasteiger partial charge in [0.1, 0.15) is 0 Å². The molecule has 0 atom stereocenters. The van der Waals surface area contributed by atoms with Crippen LogP contribution in [0.2, 0.25) is 0 Å². The van der Waals surface area contributed by atoms with E-state index in [0.29, 0.717) is 22.6 Å². The highest BCUT2D eigenvalue weighted by atomic mass is 16.7. The fourth-order valence-electron chi connectivity index (χ4n) is 3.14. The van der Waals surface area contributed by atoms with E-state index in [2.05, 4.69) is 18.4 Å². The van der Waals surface area contributed by atoms with Crippen LogP contribution < -0.4 is 9.47 Å². The minimum Gasteiger partial charge on any atom is -0.454 e. The number of ketones is 1. The van der Waals surface area contributed by atoms with Gasteiger partial charge in [0.15, 0.2) is 23.9 Å². The Balaban J connectivity index is 1.68. The fourth-order valence-corrected chi connectivity index (χ4v) is 3.14. The van der Waals surface area contributed by atoms with Crippen molar-refractivity contribution in [1.29, 1.82) is 0 Å². The molecule has 6 nitrogen and oxygen atoms in total. The first-order valence-electron chi connectivity index (χ1n) is 8.17. The van der Waals surface area contributed by atoms with E-state index in [1.54, 1.807) is 24.3 Å². The predicted molar refractivity (Wildman–Crippen MR) is 91.5 cm³/mol. The van der Waals surface area contributed by atoms with E-state index in [9.17, 15) is 9.59 Å². The molecule has 2 heterocycles. The summed E-state index contributed by atoms with van der Waals surface area (Å²) in [7, 11) is 0. The van der Waals surface area contributed by atoms with E-state index in [4.69, 9.17) is 14.2 Å². The number of hydrogen-bond donors (Lipinski definition) is 0. The van der Waals surface area contributed by atoms with Gasteiger partial charge in [-0.05, 0) is 52.0 Å².